The lowest BCUT2D eigenvalue weighted by Crippen LogP contribution is -2.42. The number of hydrogen-bond acceptors (Lipinski definition) is 5. The fourth-order valence-corrected chi connectivity index (χ4v) is 2.71. The molecule has 1 aromatic rings. The van der Waals surface area contributed by atoms with Crippen LogP contribution in [0.4, 0.5) is 5.69 Å². The van der Waals surface area contributed by atoms with Crippen LogP contribution in [0.25, 0.3) is 0 Å². The van der Waals surface area contributed by atoms with Crippen molar-refractivity contribution in [2.24, 2.45) is 0 Å². The summed E-state index contributed by atoms with van der Waals surface area (Å²) < 4.78 is 5.53. The highest BCUT2D eigenvalue weighted by molar-refractivity contribution is 9.10. The molecule has 3 N–H and O–H groups in total. The molecule has 0 aromatic heterocycles. The van der Waals surface area contributed by atoms with Crippen molar-refractivity contribution in [1.82, 2.24) is 5.32 Å². The fraction of sp³-hybridized carbons (Fsp3) is 0.333. The number of halogens is 1. The number of ether oxygens (including phenoxy) is 1. The average molecular weight is 347 g/mol. The van der Waals surface area contributed by atoms with Crippen LogP contribution in [0.1, 0.15) is 6.92 Å². The van der Waals surface area contributed by atoms with Gasteiger partial charge < -0.3 is 15.8 Å². The normalized spacial score (nSPS) is 11.7. The van der Waals surface area contributed by atoms with E-state index in [0.717, 1.165) is 9.37 Å². The van der Waals surface area contributed by atoms with Gasteiger partial charge in [0.05, 0.1) is 7.11 Å². The molecule has 19 heavy (non-hydrogen) atoms. The summed E-state index contributed by atoms with van der Waals surface area (Å²) in [7, 11) is 1.29. The van der Waals surface area contributed by atoms with Gasteiger partial charge in [-0.25, -0.2) is 4.79 Å². The van der Waals surface area contributed by atoms with Gasteiger partial charge in [-0.2, -0.15) is 0 Å². The monoisotopic (exact) mass is 346 g/mol. The number of esters is 1. The highest BCUT2D eigenvalue weighted by Gasteiger charge is 2.20. The van der Waals surface area contributed by atoms with Gasteiger partial charge in [0.25, 0.3) is 0 Å². The molecule has 0 aliphatic carbocycles. The molecule has 0 bridgehead atoms. The number of rotatable bonds is 5. The smallest absolute Gasteiger partial charge is 0.329 e. The van der Waals surface area contributed by atoms with E-state index in [1.807, 2.05) is 12.1 Å². The summed E-state index contributed by atoms with van der Waals surface area (Å²) in [6.07, 6.45) is 0. The second kappa shape index (κ2) is 7.40. The Morgan fingerprint density at radius 3 is 2.74 bits per heavy atom. The molecule has 1 atom stereocenters. The lowest BCUT2D eigenvalue weighted by atomic mass is 10.3. The molecule has 0 heterocycles. The molecule has 7 heteroatoms. The Balaban J connectivity index is 2.70. The highest BCUT2D eigenvalue weighted by Crippen LogP contribution is 2.28. The molecular formula is C12H15BrN2O3S. The largest absolute Gasteiger partial charge is 0.467 e. The fourth-order valence-electron chi connectivity index (χ4n) is 1.38. The molecule has 5 nitrogen and oxygen atoms in total. The van der Waals surface area contributed by atoms with Gasteiger partial charge in [0.1, 0.15) is 6.04 Å². The number of benzene rings is 1. The SMILES string of the molecule is COC(=O)C(CSc1ccc(Br)cc1N)NC(C)=O. The van der Waals surface area contributed by atoms with Crippen LogP contribution < -0.4 is 11.1 Å². The number of hydrogen-bond donors (Lipinski definition) is 2. The van der Waals surface area contributed by atoms with E-state index in [9.17, 15) is 9.59 Å². The van der Waals surface area contributed by atoms with E-state index in [1.165, 1.54) is 25.8 Å². The zero-order chi connectivity index (χ0) is 14.4. The summed E-state index contributed by atoms with van der Waals surface area (Å²) in [5.74, 6) is -0.392. The third-order valence-electron chi connectivity index (χ3n) is 2.24. The summed E-state index contributed by atoms with van der Waals surface area (Å²) >= 11 is 4.71. The van der Waals surface area contributed by atoms with Crippen LogP contribution in [0, 0.1) is 0 Å². The van der Waals surface area contributed by atoms with E-state index >= 15 is 0 Å². The number of carbonyl (C=O) groups is 2. The molecule has 0 aliphatic heterocycles. The van der Waals surface area contributed by atoms with Crippen molar-refractivity contribution >= 4 is 45.3 Å². The molecular weight excluding hydrogens is 332 g/mol. The number of methoxy groups -OCH3 is 1. The van der Waals surface area contributed by atoms with Crippen molar-refractivity contribution in [3.8, 4) is 0 Å². The maximum Gasteiger partial charge on any atom is 0.329 e. The van der Waals surface area contributed by atoms with Gasteiger partial charge in [-0.05, 0) is 18.2 Å². The molecule has 1 rings (SSSR count). The summed E-state index contributed by atoms with van der Waals surface area (Å²) in [5.41, 5.74) is 6.48. The molecule has 0 saturated heterocycles. The highest BCUT2D eigenvalue weighted by atomic mass is 79.9. The third kappa shape index (κ3) is 5.12. The van der Waals surface area contributed by atoms with E-state index < -0.39 is 12.0 Å². The number of nitrogens with two attached hydrogens (primary N) is 1. The van der Waals surface area contributed by atoms with Crippen LogP contribution in [-0.2, 0) is 14.3 Å². The van der Waals surface area contributed by atoms with Gasteiger partial charge in [-0.3, -0.25) is 4.79 Å². The van der Waals surface area contributed by atoms with E-state index in [1.54, 1.807) is 6.07 Å². The zero-order valence-corrected chi connectivity index (χ0v) is 13.0. The molecule has 104 valence electrons. The summed E-state index contributed by atoms with van der Waals surface area (Å²) in [6, 6.07) is 4.82. The summed E-state index contributed by atoms with van der Waals surface area (Å²) in [6.45, 7) is 1.36. The molecule has 0 fully saturated rings. The lowest BCUT2D eigenvalue weighted by molar-refractivity contribution is -0.144. The molecule has 0 aliphatic rings. The van der Waals surface area contributed by atoms with Gasteiger partial charge in [0.15, 0.2) is 0 Å². The van der Waals surface area contributed by atoms with Crippen molar-refractivity contribution in [3.63, 3.8) is 0 Å². The van der Waals surface area contributed by atoms with Gasteiger partial charge in [-0.1, -0.05) is 15.9 Å². The molecule has 0 radical (unpaired) electrons. The molecule has 0 saturated carbocycles. The third-order valence-corrected chi connectivity index (χ3v) is 3.92. The second-order valence-corrected chi connectivity index (χ2v) is 5.75. The number of nitrogens with one attached hydrogen (secondary N) is 1. The number of anilines is 1. The van der Waals surface area contributed by atoms with Crippen molar-refractivity contribution in [2.45, 2.75) is 17.9 Å². The van der Waals surface area contributed by atoms with Gasteiger partial charge in [0, 0.05) is 27.7 Å². The minimum absolute atomic E-state index is 0.278. The van der Waals surface area contributed by atoms with E-state index in [2.05, 4.69) is 26.0 Å². The minimum Gasteiger partial charge on any atom is -0.467 e. The quantitative estimate of drug-likeness (QED) is 0.482. The lowest BCUT2D eigenvalue weighted by Gasteiger charge is -2.15. The van der Waals surface area contributed by atoms with Crippen LogP contribution in [-0.4, -0.2) is 30.8 Å². The maximum absolute atomic E-state index is 11.5. The number of nitrogen functional groups attached to an aromatic ring is 1. The standard InChI is InChI=1S/C12H15BrN2O3S/c1-7(16)15-10(12(17)18-2)6-19-11-4-3-8(13)5-9(11)14/h3-5,10H,6,14H2,1-2H3,(H,15,16). The maximum atomic E-state index is 11.5. The van der Waals surface area contributed by atoms with Crippen LogP contribution in [0.2, 0.25) is 0 Å². The van der Waals surface area contributed by atoms with Crippen LogP contribution in [0.3, 0.4) is 0 Å². The van der Waals surface area contributed by atoms with Crippen molar-refractivity contribution in [2.75, 3.05) is 18.6 Å². The van der Waals surface area contributed by atoms with E-state index in [0.29, 0.717) is 11.4 Å². The van der Waals surface area contributed by atoms with Gasteiger partial charge in [-0.15, -0.1) is 11.8 Å². The van der Waals surface area contributed by atoms with Gasteiger partial charge in [0.2, 0.25) is 5.91 Å². The first-order valence-corrected chi connectivity index (χ1v) is 7.24. The molecule has 1 unspecified atom stereocenters. The van der Waals surface area contributed by atoms with Crippen molar-refractivity contribution in [1.29, 1.82) is 0 Å². The Bertz CT molecular complexity index is 482. The molecule has 1 aromatic carbocycles. The average Bonchev–Trinajstić information content (AvgIpc) is 2.34. The topological polar surface area (TPSA) is 81.4 Å². The molecule has 1 amide bonds. The first-order valence-electron chi connectivity index (χ1n) is 5.46. The predicted octanol–water partition coefficient (Wildman–Crippen LogP) is 1.80. The minimum atomic E-state index is -0.685. The van der Waals surface area contributed by atoms with E-state index in [-0.39, 0.29) is 5.91 Å². The Morgan fingerprint density at radius 2 is 2.21 bits per heavy atom. The Kier molecular flexibility index (Phi) is 6.17. The first kappa shape index (κ1) is 15.8. The Morgan fingerprint density at radius 1 is 1.53 bits per heavy atom. The number of amides is 1. The van der Waals surface area contributed by atoms with Gasteiger partial charge >= 0.3 is 5.97 Å². The Labute approximate surface area is 124 Å². The first-order chi connectivity index (χ1) is 8.93. The zero-order valence-electron chi connectivity index (χ0n) is 10.6. The van der Waals surface area contributed by atoms with Crippen molar-refractivity contribution < 1.29 is 14.3 Å². The van der Waals surface area contributed by atoms with Crippen molar-refractivity contribution in [3.05, 3.63) is 22.7 Å². The molecule has 0 spiro atoms. The van der Waals surface area contributed by atoms with Crippen LogP contribution in [0.15, 0.2) is 27.6 Å². The predicted molar refractivity (Wildman–Crippen MR) is 78.9 cm³/mol. The van der Waals surface area contributed by atoms with E-state index in [4.69, 9.17) is 5.73 Å². The second-order valence-electron chi connectivity index (χ2n) is 3.77. The summed E-state index contributed by atoms with van der Waals surface area (Å²) in [5, 5.41) is 2.55. The van der Waals surface area contributed by atoms with Crippen LogP contribution >= 0.6 is 27.7 Å². The number of carbonyl (C=O) groups excluding carboxylic acids is 2. The summed E-state index contributed by atoms with van der Waals surface area (Å²) in [4.78, 5) is 23.4. The number of thioether (sulfide) groups is 1. The Hall–Kier alpha value is -1.21. The van der Waals surface area contributed by atoms with Crippen LogP contribution in [0.5, 0.6) is 0 Å².